The maximum Gasteiger partial charge on any atom is 0.222 e. The summed E-state index contributed by atoms with van der Waals surface area (Å²) in [6.07, 6.45) is 1.91. The maximum atomic E-state index is 11.8. The first-order chi connectivity index (χ1) is 6.57. The Bertz CT molecular complexity index is 233. The Labute approximate surface area is 85.8 Å². The molecule has 0 aliphatic carbocycles. The molecule has 3 nitrogen and oxygen atoms in total. The van der Waals surface area contributed by atoms with E-state index in [0.717, 1.165) is 39.0 Å². The zero-order chi connectivity index (χ0) is 10.2. The van der Waals surface area contributed by atoms with Gasteiger partial charge in [0.15, 0.2) is 0 Å². The molecule has 2 aliphatic heterocycles. The number of carbonyl (C=O) groups excluding carboxylic acids is 1. The van der Waals surface area contributed by atoms with Crippen molar-refractivity contribution < 1.29 is 4.79 Å². The lowest BCUT2D eigenvalue weighted by Crippen LogP contribution is -2.45. The van der Waals surface area contributed by atoms with E-state index in [9.17, 15) is 4.79 Å². The molecule has 0 spiro atoms. The van der Waals surface area contributed by atoms with Crippen LogP contribution in [0.25, 0.3) is 0 Å². The first kappa shape index (κ1) is 9.97. The number of hydrogen-bond donors (Lipinski definition) is 1. The molecular weight excluding hydrogens is 176 g/mol. The first-order valence-electron chi connectivity index (χ1n) is 5.55. The molecule has 2 fully saturated rings. The smallest absolute Gasteiger partial charge is 0.222 e. The fourth-order valence-electron chi connectivity index (χ4n) is 2.19. The van der Waals surface area contributed by atoms with Crippen molar-refractivity contribution in [1.82, 2.24) is 10.2 Å². The molecule has 2 aliphatic rings. The predicted octanol–water partition coefficient (Wildman–Crippen LogP) is 0.854. The van der Waals surface area contributed by atoms with E-state index in [-0.39, 0.29) is 0 Å². The summed E-state index contributed by atoms with van der Waals surface area (Å²) in [5, 5.41) is 3.20. The third kappa shape index (κ3) is 2.08. The lowest BCUT2D eigenvalue weighted by Gasteiger charge is -2.28. The van der Waals surface area contributed by atoms with Gasteiger partial charge in [-0.1, -0.05) is 13.8 Å². The van der Waals surface area contributed by atoms with Gasteiger partial charge in [-0.3, -0.25) is 4.79 Å². The molecule has 3 heteroatoms. The van der Waals surface area contributed by atoms with E-state index >= 15 is 0 Å². The molecule has 0 aromatic carbocycles. The molecule has 2 rings (SSSR count). The molecule has 0 bridgehead atoms. The summed E-state index contributed by atoms with van der Waals surface area (Å²) in [4.78, 5) is 13.9. The number of likely N-dealkylation sites (tertiary alicyclic amines) is 1. The van der Waals surface area contributed by atoms with E-state index in [1.165, 1.54) is 0 Å². The van der Waals surface area contributed by atoms with Crippen LogP contribution in [0.2, 0.25) is 0 Å². The van der Waals surface area contributed by atoms with Gasteiger partial charge in [0, 0.05) is 19.5 Å². The minimum atomic E-state index is 0.341. The van der Waals surface area contributed by atoms with Crippen molar-refractivity contribution in [1.29, 1.82) is 0 Å². The molecule has 0 aromatic rings. The highest BCUT2D eigenvalue weighted by atomic mass is 16.2. The van der Waals surface area contributed by atoms with Crippen LogP contribution in [-0.2, 0) is 4.79 Å². The van der Waals surface area contributed by atoms with Gasteiger partial charge in [0.2, 0.25) is 5.91 Å². The molecule has 0 unspecified atom stereocenters. The summed E-state index contributed by atoms with van der Waals surface area (Å²) >= 11 is 0. The second kappa shape index (κ2) is 3.54. The predicted molar refractivity (Wildman–Crippen MR) is 56.0 cm³/mol. The van der Waals surface area contributed by atoms with Gasteiger partial charge in [0.05, 0.1) is 0 Å². The highest BCUT2D eigenvalue weighted by Crippen LogP contribution is 2.29. The van der Waals surface area contributed by atoms with Crippen molar-refractivity contribution in [3.8, 4) is 0 Å². The van der Waals surface area contributed by atoms with Gasteiger partial charge in [-0.15, -0.1) is 0 Å². The minimum absolute atomic E-state index is 0.341. The van der Waals surface area contributed by atoms with Gasteiger partial charge in [0.25, 0.3) is 0 Å². The van der Waals surface area contributed by atoms with E-state index in [2.05, 4.69) is 19.2 Å². The summed E-state index contributed by atoms with van der Waals surface area (Å²) in [5.41, 5.74) is 0.341. The Morgan fingerprint density at radius 3 is 2.64 bits per heavy atom. The Morgan fingerprint density at radius 1 is 1.50 bits per heavy atom. The molecule has 2 heterocycles. The summed E-state index contributed by atoms with van der Waals surface area (Å²) in [5.74, 6) is 0.966. The van der Waals surface area contributed by atoms with Crippen LogP contribution in [0.4, 0.5) is 0 Å². The lowest BCUT2D eigenvalue weighted by molar-refractivity contribution is -0.131. The van der Waals surface area contributed by atoms with Crippen LogP contribution in [0.1, 0.15) is 26.7 Å². The van der Waals surface area contributed by atoms with Crippen molar-refractivity contribution in [3.05, 3.63) is 0 Å². The van der Waals surface area contributed by atoms with Gasteiger partial charge in [-0.25, -0.2) is 0 Å². The third-order valence-corrected chi connectivity index (χ3v) is 3.36. The fraction of sp³-hybridized carbons (Fsp3) is 0.909. The minimum Gasteiger partial charge on any atom is -0.342 e. The fourth-order valence-corrected chi connectivity index (χ4v) is 2.19. The van der Waals surface area contributed by atoms with E-state index < -0.39 is 0 Å². The van der Waals surface area contributed by atoms with Crippen LogP contribution in [0.5, 0.6) is 0 Å². The molecule has 14 heavy (non-hydrogen) atoms. The number of rotatable bonds is 2. The van der Waals surface area contributed by atoms with E-state index in [4.69, 9.17) is 0 Å². The van der Waals surface area contributed by atoms with Crippen LogP contribution >= 0.6 is 0 Å². The van der Waals surface area contributed by atoms with Crippen LogP contribution in [0.15, 0.2) is 0 Å². The van der Waals surface area contributed by atoms with Gasteiger partial charge >= 0.3 is 0 Å². The molecule has 0 saturated carbocycles. The second-order valence-electron chi connectivity index (χ2n) is 5.46. The monoisotopic (exact) mass is 196 g/mol. The van der Waals surface area contributed by atoms with Crippen molar-refractivity contribution in [3.63, 3.8) is 0 Å². The number of amides is 1. The summed E-state index contributed by atoms with van der Waals surface area (Å²) in [6, 6.07) is 0. The first-order valence-corrected chi connectivity index (χ1v) is 5.55. The van der Waals surface area contributed by atoms with Crippen molar-refractivity contribution in [2.75, 3.05) is 26.2 Å². The van der Waals surface area contributed by atoms with Crippen LogP contribution in [0, 0.1) is 11.3 Å². The quantitative estimate of drug-likeness (QED) is 0.710. The molecule has 0 aromatic heterocycles. The average molecular weight is 196 g/mol. The van der Waals surface area contributed by atoms with Crippen molar-refractivity contribution in [2.24, 2.45) is 11.3 Å². The Hall–Kier alpha value is -0.570. The average Bonchev–Trinajstić information content (AvgIpc) is 2.38. The number of nitrogens with one attached hydrogen (secondary N) is 1. The van der Waals surface area contributed by atoms with Crippen molar-refractivity contribution >= 4 is 5.91 Å². The Balaban J connectivity index is 1.80. The molecule has 1 N–H and O–H groups in total. The zero-order valence-electron chi connectivity index (χ0n) is 9.18. The van der Waals surface area contributed by atoms with Gasteiger partial charge < -0.3 is 10.2 Å². The lowest BCUT2D eigenvalue weighted by atomic mass is 9.93. The third-order valence-electron chi connectivity index (χ3n) is 3.36. The molecule has 2 saturated heterocycles. The SMILES string of the molecule is CC1(C)CCN(C(=O)CC2CNC2)C1. The molecule has 80 valence electrons. The second-order valence-corrected chi connectivity index (χ2v) is 5.46. The molecule has 1 amide bonds. The topological polar surface area (TPSA) is 32.3 Å². The van der Waals surface area contributed by atoms with Crippen molar-refractivity contribution in [2.45, 2.75) is 26.7 Å². The van der Waals surface area contributed by atoms with E-state index in [1.807, 2.05) is 4.90 Å². The van der Waals surface area contributed by atoms with Crippen LogP contribution < -0.4 is 5.32 Å². The number of hydrogen-bond acceptors (Lipinski definition) is 2. The molecule has 0 atom stereocenters. The molecule has 0 radical (unpaired) electrons. The highest BCUT2D eigenvalue weighted by Gasteiger charge is 2.33. The summed E-state index contributed by atoms with van der Waals surface area (Å²) in [6.45, 7) is 8.46. The van der Waals surface area contributed by atoms with Gasteiger partial charge in [0.1, 0.15) is 0 Å². The zero-order valence-corrected chi connectivity index (χ0v) is 9.18. The summed E-state index contributed by atoms with van der Waals surface area (Å²) < 4.78 is 0. The Morgan fingerprint density at radius 2 is 2.21 bits per heavy atom. The maximum absolute atomic E-state index is 11.8. The number of nitrogens with zero attached hydrogens (tertiary/aromatic N) is 1. The Kier molecular flexibility index (Phi) is 2.52. The van der Waals surface area contributed by atoms with Gasteiger partial charge in [-0.2, -0.15) is 0 Å². The van der Waals surface area contributed by atoms with E-state index in [0.29, 0.717) is 17.2 Å². The largest absolute Gasteiger partial charge is 0.342 e. The highest BCUT2D eigenvalue weighted by molar-refractivity contribution is 5.77. The molecular formula is C11H20N2O. The number of carbonyl (C=O) groups is 1. The van der Waals surface area contributed by atoms with Crippen LogP contribution in [-0.4, -0.2) is 37.0 Å². The van der Waals surface area contributed by atoms with E-state index in [1.54, 1.807) is 0 Å². The van der Waals surface area contributed by atoms with Crippen LogP contribution in [0.3, 0.4) is 0 Å². The standard InChI is InChI=1S/C11H20N2O/c1-11(2)3-4-13(8-11)10(14)5-9-6-12-7-9/h9,12H,3-8H2,1-2H3. The van der Waals surface area contributed by atoms with Gasteiger partial charge in [-0.05, 0) is 30.8 Å². The normalized spacial score (nSPS) is 26.3. The summed E-state index contributed by atoms with van der Waals surface area (Å²) in [7, 11) is 0.